The number of nitrogens with two attached hydrogens (primary N) is 1. The summed E-state index contributed by atoms with van der Waals surface area (Å²) in [6.45, 7) is 2.00. The van der Waals surface area contributed by atoms with Crippen LogP contribution in [-0.2, 0) is 12.8 Å². The van der Waals surface area contributed by atoms with E-state index in [9.17, 15) is 4.79 Å². The number of hydrogen-bond acceptors (Lipinski definition) is 8. The molecule has 0 radical (unpaired) electrons. The number of nitrogens with one attached hydrogen (secondary N) is 1. The van der Waals surface area contributed by atoms with Crippen molar-refractivity contribution >= 4 is 17.7 Å². The summed E-state index contributed by atoms with van der Waals surface area (Å²) < 4.78 is 6.74. The molecule has 0 aliphatic carbocycles. The standard InChI is InChI=1S/C12H17N7O2S/c1-19-10(7-3-2-4-14-5-7)16-17-12(19)22-6-8-15-11(9(13)20)21-18-8/h7,14H,2-6H2,1H3,(H2,13,20)/t7-/m0/s1. The van der Waals surface area contributed by atoms with Gasteiger partial charge >= 0.3 is 11.8 Å². The molecule has 1 fully saturated rings. The summed E-state index contributed by atoms with van der Waals surface area (Å²) in [7, 11) is 1.96. The summed E-state index contributed by atoms with van der Waals surface area (Å²) in [6, 6.07) is 0. The highest BCUT2D eigenvalue weighted by molar-refractivity contribution is 7.98. The number of carbonyl (C=O) groups is 1. The quantitative estimate of drug-likeness (QED) is 0.740. The minimum Gasteiger partial charge on any atom is -0.361 e. The molecule has 1 aliphatic rings. The zero-order valence-electron chi connectivity index (χ0n) is 12.2. The largest absolute Gasteiger partial charge is 0.361 e. The maximum atomic E-state index is 10.9. The number of nitrogens with zero attached hydrogens (tertiary/aromatic N) is 5. The fraction of sp³-hybridized carbons (Fsp3) is 0.583. The summed E-state index contributed by atoms with van der Waals surface area (Å²) in [6.07, 6.45) is 2.27. The Hall–Kier alpha value is -1.94. The van der Waals surface area contributed by atoms with Crippen LogP contribution >= 0.6 is 11.8 Å². The van der Waals surface area contributed by atoms with Gasteiger partial charge in [0.05, 0.1) is 5.75 Å². The van der Waals surface area contributed by atoms with Gasteiger partial charge in [-0.25, -0.2) is 0 Å². The molecular formula is C12H17N7O2S. The van der Waals surface area contributed by atoms with Gasteiger partial charge in [0.1, 0.15) is 5.82 Å². The fourth-order valence-corrected chi connectivity index (χ4v) is 3.18. The smallest absolute Gasteiger partial charge is 0.315 e. The van der Waals surface area contributed by atoms with E-state index < -0.39 is 5.91 Å². The first-order valence-corrected chi connectivity index (χ1v) is 7.99. The summed E-state index contributed by atoms with van der Waals surface area (Å²) in [5, 5.41) is 16.4. The topological polar surface area (TPSA) is 125 Å². The number of hydrogen-bond donors (Lipinski definition) is 2. The normalized spacial score (nSPS) is 18.5. The summed E-state index contributed by atoms with van der Waals surface area (Å²) in [5.41, 5.74) is 5.07. The first kappa shape index (κ1) is 15.0. The van der Waals surface area contributed by atoms with E-state index in [2.05, 4.69) is 25.7 Å². The molecule has 3 rings (SSSR count). The lowest BCUT2D eigenvalue weighted by molar-refractivity contribution is 0.0958. The van der Waals surface area contributed by atoms with E-state index >= 15 is 0 Å². The van der Waals surface area contributed by atoms with Crippen LogP contribution in [0.15, 0.2) is 9.68 Å². The van der Waals surface area contributed by atoms with Crippen molar-refractivity contribution in [3.8, 4) is 0 Å². The van der Waals surface area contributed by atoms with Gasteiger partial charge in [-0.15, -0.1) is 10.2 Å². The molecule has 0 unspecified atom stereocenters. The maximum absolute atomic E-state index is 10.9. The number of carbonyl (C=O) groups excluding carboxylic acids is 1. The van der Waals surface area contributed by atoms with Crippen molar-refractivity contribution in [1.82, 2.24) is 30.2 Å². The Morgan fingerprint density at radius 2 is 2.41 bits per heavy atom. The van der Waals surface area contributed by atoms with Gasteiger partial charge in [-0.05, 0) is 19.4 Å². The Labute approximate surface area is 131 Å². The van der Waals surface area contributed by atoms with Crippen molar-refractivity contribution in [3.63, 3.8) is 0 Å². The maximum Gasteiger partial charge on any atom is 0.315 e. The third-order valence-corrected chi connectivity index (χ3v) is 4.56. The minimum absolute atomic E-state index is 0.178. The van der Waals surface area contributed by atoms with Gasteiger partial charge in [-0.1, -0.05) is 16.9 Å². The van der Waals surface area contributed by atoms with E-state index in [0.717, 1.165) is 36.9 Å². The Bertz CT molecular complexity index is 662. The highest BCUT2D eigenvalue weighted by Gasteiger charge is 2.22. The zero-order valence-corrected chi connectivity index (χ0v) is 13.0. The van der Waals surface area contributed by atoms with Crippen molar-refractivity contribution in [1.29, 1.82) is 0 Å². The van der Waals surface area contributed by atoms with Crippen LogP contribution in [0.5, 0.6) is 0 Å². The van der Waals surface area contributed by atoms with Crippen molar-refractivity contribution in [2.75, 3.05) is 13.1 Å². The average Bonchev–Trinajstić information content (AvgIpc) is 3.13. The molecule has 2 aromatic heterocycles. The van der Waals surface area contributed by atoms with Gasteiger partial charge in [-0.3, -0.25) is 4.79 Å². The summed E-state index contributed by atoms with van der Waals surface area (Å²) in [5.74, 6) is 1.32. The Morgan fingerprint density at radius 3 is 3.09 bits per heavy atom. The number of aromatic nitrogens is 5. The van der Waals surface area contributed by atoms with Crippen LogP contribution < -0.4 is 11.1 Å². The van der Waals surface area contributed by atoms with E-state index in [1.165, 1.54) is 11.8 Å². The number of rotatable bonds is 5. The molecule has 1 saturated heterocycles. The van der Waals surface area contributed by atoms with E-state index in [1.54, 1.807) is 0 Å². The third-order valence-electron chi connectivity index (χ3n) is 3.54. The second kappa shape index (κ2) is 6.44. The molecule has 3 N–H and O–H groups in total. The molecule has 0 aromatic carbocycles. The van der Waals surface area contributed by atoms with Crippen LogP contribution in [0, 0.1) is 0 Å². The molecular weight excluding hydrogens is 306 g/mol. The molecule has 1 atom stereocenters. The lowest BCUT2D eigenvalue weighted by Crippen LogP contribution is -2.29. The zero-order chi connectivity index (χ0) is 15.5. The van der Waals surface area contributed by atoms with Crippen molar-refractivity contribution in [2.24, 2.45) is 12.8 Å². The molecule has 0 spiro atoms. The van der Waals surface area contributed by atoms with Gasteiger partial charge in [-0.2, -0.15) is 4.98 Å². The van der Waals surface area contributed by atoms with Crippen LogP contribution in [0.2, 0.25) is 0 Å². The number of amides is 1. The lowest BCUT2D eigenvalue weighted by atomic mass is 9.99. The molecule has 22 heavy (non-hydrogen) atoms. The van der Waals surface area contributed by atoms with Crippen LogP contribution in [0.4, 0.5) is 0 Å². The Morgan fingerprint density at radius 1 is 1.55 bits per heavy atom. The average molecular weight is 323 g/mol. The molecule has 9 nitrogen and oxygen atoms in total. The molecule has 0 saturated carbocycles. The van der Waals surface area contributed by atoms with Crippen LogP contribution in [0.25, 0.3) is 0 Å². The third kappa shape index (κ3) is 3.12. The Balaban J connectivity index is 1.65. The van der Waals surface area contributed by atoms with Crippen LogP contribution in [-0.4, -0.2) is 43.9 Å². The van der Waals surface area contributed by atoms with Gasteiger partial charge in [0.15, 0.2) is 11.0 Å². The summed E-state index contributed by atoms with van der Waals surface area (Å²) in [4.78, 5) is 14.8. The second-order valence-corrected chi connectivity index (χ2v) is 6.05. The van der Waals surface area contributed by atoms with Gasteiger partial charge in [0.2, 0.25) is 0 Å². The molecule has 118 valence electrons. The van der Waals surface area contributed by atoms with Crippen LogP contribution in [0.1, 0.15) is 41.1 Å². The minimum atomic E-state index is -0.727. The van der Waals surface area contributed by atoms with E-state index in [-0.39, 0.29) is 5.89 Å². The predicted molar refractivity (Wildman–Crippen MR) is 78.2 cm³/mol. The molecule has 2 aromatic rings. The predicted octanol–water partition coefficient (Wildman–Crippen LogP) is 0.0563. The molecule has 1 amide bonds. The fourth-order valence-electron chi connectivity index (χ4n) is 2.42. The number of piperidine rings is 1. The van der Waals surface area contributed by atoms with Crippen molar-refractivity contribution in [3.05, 3.63) is 17.5 Å². The summed E-state index contributed by atoms with van der Waals surface area (Å²) >= 11 is 1.44. The highest BCUT2D eigenvalue weighted by atomic mass is 32.2. The monoisotopic (exact) mass is 323 g/mol. The first-order valence-electron chi connectivity index (χ1n) is 7.00. The molecule has 0 bridgehead atoms. The lowest BCUT2D eigenvalue weighted by Gasteiger charge is -2.21. The van der Waals surface area contributed by atoms with E-state index in [4.69, 9.17) is 10.3 Å². The van der Waals surface area contributed by atoms with Crippen LogP contribution in [0.3, 0.4) is 0 Å². The SMILES string of the molecule is Cn1c(SCc2noc(C(N)=O)n2)nnc1[C@H]1CCCNC1. The molecule has 1 aliphatic heterocycles. The van der Waals surface area contributed by atoms with Crippen molar-refractivity contribution in [2.45, 2.75) is 29.7 Å². The number of thioether (sulfide) groups is 1. The molecule has 10 heteroatoms. The van der Waals surface area contributed by atoms with Gasteiger partial charge in [0.25, 0.3) is 0 Å². The second-order valence-electron chi connectivity index (χ2n) is 5.11. The van der Waals surface area contributed by atoms with Gasteiger partial charge in [0, 0.05) is 19.5 Å². The van der Waals surface area contributed by atoms with E-state index in [1.807, 2.05) is 11.6 Å². The number of primary amides is 1. The van der Waals surface area contributed by atoms with Gasteiger partial charge < -0.3 is 20.1 Å². The van der Waals surface area contributed by atoms with E-state index in [0.29, 0.717) is 17.5 Å². The molecule has 3 heterocycles. The Kier molecular flexibility index (Phi) is 4.39. The highest BCUT2D eigenvalue weighted by Crippen LogP contribution is 2.26. The first-order chi connectivity index (χ1) is 10.6. The van der Waals surface area contributed by atoms with Crippen molar-refractivity contribution < 1.29 is 9.32 Å².